The van der Waals surface area contributed by atoms with Crippen LogP contribution in [0.5, 0.6) is 0 Å². The van der Waals surface area contributed by atoms with Crippen molar-refractivity contribution in [3.05, 3.63) is 61.3 Å². The van der Waals surface area contributed by atoms with Gasteiger partial charge in [-0.05, 0) is 24.5 Å². The van der Waals surface area contributed by atoms with Crippen molar-refractivity contribution in [2.45, 2.75) is 54.9 Å². The molecule has 106 valence electrons. The number of rotatable bonds is 5. The highest BCUT2D eigenvalue weighted by atomic mass is 13.9. The molecule has 0 atom stereocenters. The molecule has 0 rings (SSSR count). The van der Waals surface area contributed by atoms with Crippen LogP contribution < -0.4 is 0 Å². The summed E-state index contributed by atoms with van der Waals surface area (Å²) >= 11 is 0. The van der Waals surface area contributed by atoms with Crippen LogP contribution in [0.15, 0.2) is 61.3 Å². The van der Waals surface area contributed by atoms with Crippen molar-refractivity contribution in [3.63, 3.8) is 0 Å². The topological polar surface area (TPSA) is 0 Å². The summed E-state index contributed by atoms with van der Waals surface area (Å²) in [7, 11) is 0. The lowest BCUT2D eigenvalue weighted by molar-refractivity contribution is 1.38. The molecule has 0 bridgehead atoms. The highest BCUT2D eigenvalue weighted by Gasteiger charge is 1.87. The third kappa shape index (κ3) is 20.2. The van der Waals surface area contributed by atoms with E-state index in [1.54, 1.807) is 0 Å². The minimum Gasteiger partial charge on any atom is -0.103 e. The Morgan fingerprint density at radius 2 is 1.28 bits per heavy atom. The first-order valence-electron chi connectivity index (χ1n) is 6.99. The fourth-order valence-electron chi connectivity index (χ4n) is 0.770. The van der Waals surface area contributed by atoms with E-state index < -0.39 is 0 Å². The van der Waals surface area contributed by atoms with Gasteiger partial charge in [0.2, 0.25) is 0 Å². The molecule has 0 amide bonds. The van der Waals surface area contributed by atoms with E-state index in [9.17, 15) is 0 Å². The van der Waals surface area contributed by atoms with Gasteiger partial charge in [-0.1, -0.05) is 85.1 Å². The molecule has 0 nitrogen and oxygen atoms in total. The van der Waals surface area contributed by atoms with Crippen LogP contribution in [0.2, 0.25) is 0 Å². The summed E-state index contributed by atoms with van der Waals surface area (Å²) in [6.07, 6.45) is 10.5. The zero-order valence-electron chi connectivity index (χ0n) is 13.7. The minimum atomic E-state index is 0.891. The van der Waals surface area contributed by atoms with Gasteiger partial charge in [-0.15, -0.1) is 6.58 Å². The molecule has 18 heavy (non-hydrogen) atoms. The van der Waals surface area contributed by atoms with Crippen LogP contribution in [0.4, 0.5) is 0 Å². The second-order valence-electron chi connectivity index (χ2n) is 2.47. The average molecular weight is 250 g/mol. The molecule has 0 aromatic rings. The lowest BCUT2D eigenvalue weighted by atomic mass is 10.1. The van der Waals surface area contributed by atoms with E-state index in [2.05, 4.69) is 25.8 Å². The van der Waals surface area contributed by atoms with E-state index in [1.165, 1.54) is 0 Å². The van der Waals surface area contributed by atoms with E-state index in [1.807, 2.05) is 72.8 Å². The predicted octanol–water partition coefficient (Wildman–Crippen LogP) is 6.89. The summed E-state index contributed by atoms with van der Waals surface area (Å²) in [5.41, 5.74) is 2.26. The van der Waals surface area contributed by atoms with E-state index in [0.29, 0.717) is 0 Å². The predicted molar refractivity (Wildman–Crippen MR) is 91.1 cm³/mol. The van der Waals surface area contributed by atoms with E-state index in [4.69, 9.17) is 0 Å². The van der Waals surface area contributed by atoms with E-state index in [-0.39, 0.29) is 0 Å². The van der Waals surface area contributed by atoms with Gasteiger partial charge in [0, 0.05) is 0 Å². The van der Waals surface area contributed by atoms with Crippen molar-refractivity contribution in [2.75, 3.05) is 0 Å². The standard InChI is InChI=1S/C12H16.3C2H6/c1-5-8-9-10-12(7-3)11(4)6-2;3*1-2/h5-7,9-10H,1-3,8H2,4H3;3*1-2H3/b10-9-,12-11+;;;. The Hall–Kier alpha value is -1.30. The summed E-state index contributed by atoms with van der Waals surface area (Å²) in [5, 5.41) is 0. The van der Waals surface area contributed by atoms with Gasteiger partial charge in [0.1, 0.15) is 0 Å². The van der Waals surface area contributed by atoms with Crippen LogP contribution in [0, 0.1) is 0 Å². The maximum Gasteiger partial charge on any atom is -0.0169 e. The van der Waals surface area contributed by atoms with Gasteiger partial charge in [0.05, 0.1) is 0 Å². The number of hydrogen-bond donors (Lipinski definition) is 0. The normalized spacial score (nSPS) is 9.28. The number of allylic oxidation sites excluding steroid dienone is 7. The molecule has 0 aliphatic heterocycles. The van der Waals surface area contributed by atoms with Gasteiger partial charge < -0.3 is 0 Å². The van der Waals surface area contributed by atoms with Gasteiger partial charge in [-0.25, -0.2) is 0 Å². The molecule has 0 radical (unpaired) electrons. The lowest BCUT2D eigenvalue weighted by Crippen LogP contribution is -1.76. The minimum absolute atomic E-state index is 0.891. The Kier molecular flexibility index (Phi) is 42.0. The second-order valence-corrected chi connectivity index (χ2v) is 2.47. The monoisotopic (exact) mass is 250 g/mol. The summed E-state index contributed by atoms with van der Waals surface area (Å²) < 4.78 is 0. The Morgan fingerprint density at radius 3 is 1.56 bits per heavy atom. The molecule has 0 N–H and O–H groups in total. The zero-order valence-corrected chi connectivity index (χ0v) is 13.7. The smallest absolute Gasteiger partial charge is 0.0169 e. The maximum atomic E-state index is 3.73. The summed E-state index contributed by atoms with van der Waals surface area (Å²) in [5.74, 6) is 0. The molecule has 0 aliphatic carbocycles. The molecule has 0 aromatic carbocycles. The maximum absolute atomic E-state index is 3.73. The zero-order chi connectivity index (χ0) is 15.4. The quantitative estimate of drug-likeness (QED) is 0.368. The van der Waals surface area contributed by atoms with Crippen molar-refractivity contribution >= 4 is 0 Å². The highest BCUT2D eigenvalue weighted by Crippen LogP contribution is 2.07. The van der Waals surface area contributed by atoms with Gasteiger partial charge in [0.15, 0.2) is 0 Å². The van der Waals surface area contributed by atoms with Crippen molar-refractivity contribution in [1.29, 1.82) is 0 Å². The van der Waals surface area contributed by atoms with E-state index >= 15 is 0 Å². The molecule has 0 aromatic heterocycles. The summed E-state index contributed by atoms with van der Waals surface area (Å²) in [4.78, 5) is 0. The van der Waals surface area contributed by atoms with Gasteiger partial charge >= 0.3 is 0 Å². The fraction of sp³-hybridized carbons (Fsp3) is 0.444. The first-order valence-corrected chi connectivity index (χ1v) is 6.99. The first kappa shape index (κ1) is 25.5. The molecular formula is C18H34. The first-order chi connectivity index (χ1) is 8.76. The van der Waals surface area contributed by atoms with Crippen LogP contribution in [-0.2, 0) is 0 Å². The van der Waals surface area contributed by atoms with Crippen LogP contribution in [-0.4, -0.2) is 0 Å². The Labute approximate surface area is 117 Å². The Morgan fingerprint density at radius 1 is 0.833 bits per heavy atom. The molecule has 0 heteroatoms. The highest BCUT2D eigenvalue weighted by molar-refractivity contribution is 5.38. The van der Waals surface area contributed by atoms with Crippen molar-refractivity contribution in [2.24, 2.45) is 0 Å². The molecule has 0 saturated carbocycles. The van der Waals surface area contributed by atoms with Crippen molar-refractivity contribution < 1.29 is 0 Å². The van der Waals surface area contributed by atoms with Crippen molar-refractivity contribution in [1.82, 2.24) is 0 Å². The third-order valence-electron chi connectivity index (χ3n) is 1.58. The van der Waals surface area contributed by atoms with Gasteiger partial charge in [0.25, 0.3) is 0 Å². The summed E-state index contributed by atoms with van der Waals surface area (Å²) in [6, 6.07) is 0. The van der Waals surface area contributed by atoms with Crippen LogP contribution in [0.25, 0.3) is 0 Å². The largest absolute Gasteiger partial charge is 0.103 e. The van der Waals surface area contributed by atoms with E-state index in [0.717, 1.165) is 17.6 Å². The Bertz CT molecular complexity index is 226. The van der Waals surface area contributed by atoms with Gasteiger partial charge in [-0.3, -0.25) is 0 Å². The third-order valence-corrected chi connectivity index (χ3v) is 1.58. The van der Waals surface area contributed by atoms with Gasteiger partial charge in [-0.2, -0.15) is 0 Å². The Balaban J connectivity index is -0.000000141. The fourth-order valence-corrected chi connectivity index (χ4v) is 0.770. The van der Waals surface area contributed by atoms with Crippen LogP contribution in [0.3, 0.4) is 0 Å². The molecule has 0 heterocycles. The second kappa shape index (κ2) is 29.6. The lowest BCUT2D eigenvalue weighted by Gasteiger charge is -1.96. The number of hydrogen-bond acceptors (Lipinski definition) is 0. The molecule has 0 fully saturated rings. The SMILES string of the molecule is C=CC/C=C\C(C=C)=C(/C)C=C.CC.CC.CC. The average Bonchev–Trinajstić information content (AvgIpc) is 2.49. The molecule has 0 saturated heterocycles. The summed E-state index contributed by atoms with van der Waals surface area (Å²) in [6.45, 7) is 25.1. The van der Waals surface area contributed by atoms with Crippen molar-refractivity contribution in [3.8, 4) is 0 Å². The molecule has 0 spiro atoms. The molecule has 0 aliphatic rings. The van der Waals surface area contributed by atoms with Crippen LogP contribution in [0.1, 0.15) is 54.9 Å². The molecular weight excluding hydrogens is 216 g/mol. The molecule has 0 unspecified atom stereocenters. The van der Waals surface area contributed by atoms with Crippen LogP contribution >= 0.6 is 0 Å².